The monoisotopic (exact) mass is 414 g/mol. The van der Waals surface area contributed by atoms with Crippen molar-refractivity contribution in [3.8, 4) is 5.75 Å². The summed E-state index contributed by atoms with van der Waals surface area (Å²) in [5.41, 5.74) is 11.5. The first kappa shape index (κ1) is 23.0. The fourth-order valence-corrected chi connectivity index (χ4v) is 2.99. The smallest absolute Gasteiger partial charge is 0.322 e. The van der Waals surface area contributed by atoms with E-state index < -0.39 is 42.4 Å². The number of hydrogen-bond acceptors (Lipinski definition) is 8. The van der Waals surface area contributed by atoms with Crippen LogP contribution in [0, 0.1) is 0 Å². The van der Waals surface area contributed by atoms with E-state index in [2.05, 4.69) is 10.6 Å². The Morgan fingerprint density at radius 2 is 1.86 bits per heavy atom. The number of nitrogens with two attached hydrogens (primary N) is 2. The van der Waals surface area contributed by atoms with Crippen LogP contribution in [-0.2, 0) is 19.2 Å². The summed E-state index contributed by atoms with van der Waals surface area (Å²) in [6.07, 6.45) is -0.355. The third kappa shape index (κ3) is 8.14. The van der Waals surface area contributed by atoms with Crippen molar-refractivity contribution in [3.05, 3.63) is 18.2 Å². The van der Waals surface area contributed by atoms with Crippen LogP contribution in [0.4, 0.5) is 5.69 Å². The Morgan fingerprint density at radius 3 is 2.46 bits per heavy atom. The van der Waals surface area contributed by atoms with E-state index in [-0.39, 0.29) is 24.3 Å². The van der Waals surface area contributed by atoms with E-state index in [9.17, 15) is 24.3 Å². The molecular formula is C16H22N4O7S. The molecule has 11 nitrogen and oxygen atoms in total. The maximum atomic E-state index is 12.2. The summed E-state index contributed by atoms with van der Waals surface area (Å²) in [6, 6.07) is 1.93. The Balaban J connectivity index is 2.76. The van der Waals surface area contributed by atoms with Crippen molar-refractivity contribution in [2.45, 2.75) is 29.8 Å². The number of thioether (sulfide) groups is 1. The van der Waals surface area contributed by atoms with Crippen LogP contribution in [0.3, 0.4) is 0 Å². The first-order chi connectivity index (χ1) is 13.1. The summed E-state index contributed by atoms with van der Waals surface area (Å²) in [5, 5.41) is 31.5. The summed E-state index contributed by atoms with van der Waals surface area (Å²) in [5.74, 6) is -3.89. The molecule has 0 radical (unpaired) electrons. The lowest BCUT2D eigenvalue weighted by Gasteiger charge is -2.18. The Morgan fingerprint density at radius 1 is 1.18 bits per heavy atom. The van der Waals surface area contributed by atoms with Gasteiger partial charge < -0.3 is 37.4 Å². The number of anilines is 1. The van der Waals surface area contributed by atoms with Gasteiger partial charge in [0.15, 0.2) is 0 Å². The molecule has 0 unspecified atom stereocenters. The number of hydrogen-bond donors (Lipinski definition) is 7. The summed E-state index contributed by atoms with van der Waals surface area (Å²) < 4.78 is 0. The molecule has 9 N–H and O–H groups in total. The number of carboxylic acids is 2. The molecule has 0 fully saturated rings. The van der Waals surface area contributed by atoms with Gasteiger partial charge in [0.2, 0.25) is 11.8 Å². The number of benzene rings is 1. The van der Waals surface area contributed by atoms with E-state index >= 15 is 0 Å². The molecule has 28 heavy (non-hydrogen) atoms. The van der Waals surface area contributed by atoms with E-state index in [1.54, 1.807) is 0 Å². The van der Waals surface area contributed by atoms with Crippen molar-refractivity contribution in [1.82, 2.24) is 10.6 Å². The Hall–Kier alpha value is -2.99. The van der Waals surface area contributed by atoms with Gasteiger partial charge in [0.05, 0.1) is 0 Å². The lowest BCUT2D eigenvalue weighted by atomic mass is 10.1. The predicted octanol–water partition coefficient (Wildman–Crippen LogP) is -1.06. The normalized spacial score (nSPS) is 12.6. The molecule has 1 aromatic rings. The van der Waals surface area contributed by atoms with E-state index in [1.807, 2.05) is 0 Å². The molecule has 0 aliphatic heterocycles. The SMILES string of the molecule is Nc1ccc(O)cc1SC[C@H](NC(=O)CC[C@H](N)C(=O)O)C(=O)NCC(=O)O. The summed E-state index contributed by atoms with van der Waals surface area (Å²) in [6.45, 7) is -0.631. The zero-order chi connectivity index (χ0) is 21.3. The second-order valence-corrected chi connectivity index (χ2v) is 6.81. The van der Waals surface area contributed by atoms with Crippen LogP contribution in [0.5, 0.6) is 5.75 Å². The third-order valence-corrected chi connectivity index (χ3v) is 4.63. The van der Waals surface area contributed by atoms with Gasteiger partial charge in [0, 0.05) is 22.8 Å². The number of phenolic OH excluding ortho intramolecular Hbond substituents is 1. The number of nitrogens with one attached hydrogen (secondary N) is 2. The van der Waals surface area contributed by atoms with Crippen LogP contribution in [0.1, 0.15) is 12.8 Å². The maximum Gasteiger partial charge on any atom is 0.322 e. The zero-order valence-electron chi connectivity index (χ0n) is 14.8. The summed E-state index contributed by atoms with van der Waals surface area (Å²) in [4.78, 5) is 46.0. The van der Waals surface area contributed by atoms with Gasteiger partial charge >= 0.3 is 11.9 Å². The van der Waals surface area contributed by atoms with Crippen LogP contribution >= 0.6 is 11.8 Å². The lowest BCUT2D eigenvalue weighted by molar-refractivity contribution is -0.139. The van der Waals surface area contributed by atoms with E-state index in [0.717, 1.165) is 11.8 Å². The highest BCUT2D eigenvalue weighted by molar-refractivity contribution is 7.99. The van der Waals surface area contributed by atoms with Gasteiger partial charge in [0.25, 0.3) is 0 Å². The fraction of sp³-hybridized carbons (Fsp3) is 0.375. The molecule has 0 bridgehead atoms. The topological polar surface area (TPSA) is 205 Å². The van der Waals surface area contributed by atoms with Crippen LogP contribution in [0.15, 0.2) is 23.1 Å². The minimum atomic E-state index is -1.25. The largest absolute Gasteiger partial charge is 0.508 e. The van der Waals surface area contributed by atoms with Crippen LogP contribution < -0.4 is 22.1 Å². The minimum absolute atomic E-state index is 0.00414. The molecule has 0 aliphatic rings. The van der Waals surface area contributed by atoms with Gasteiger partial charge in [-0.15, -0.1) is 11.8 Å². The molecule has 0 aromatic heterocycles. The van der Waals surface area contributed by atoms with Crippen LogP contribution in [0.25, 0.3) is 0 Å². The number of rotatable bonds is 11. The lowest BCUT2D eigenvalue weighted by Crippen LogP contribution is -2.49. The van der Waals surface area contributed by atoms with Gasteiger partial charge in [-0.3, -0.25) is 19.2 Å². The number of aromatic hydroxyl groups is 1. The van der Waals surface area contributed by atoms with Crippen LogP contribution in [0.2, 0.25) is 0 Å². The van der Waals surface area contributed by atoms with Gasteiger partial charge in [0.1, 0.15) is 24.4 Å². The molecule has 0 heterocycles. The number of aliphatic carboxylic acids is 2. The van der Waals surface area contributed by atoms with Crippen molar-refractivity contribution >= 4 is 41.2 Å². The maximum absolute atomic E-state index is 12.2. The second-order valence-electron chi connectivity index (χ2n) is 5.75. The number of amides is 2. The van der Waals surface area contributed by atoms with Crippen LogP contribution in [-0.4, -0.2) is 63.5 Å². The molecule has 12 heteroatoms. The summed E-state index contributed by atoms with van der Waals surface area (Å²) >= 11 is 1.08. The highest BCUT2D eigenvalue weighted by Gasteiger charge is 2.23. The molecule has 0 saturated heterocycles. The standard InChI is InChI=1S/C16H22N4O7S/c17-9-2-1-8(21)5-12(9)28-7-11(15(25)19-6-14(23)24)20-13(22)4-3-10(18)16(26)27/h1-2,5,10-11,21H,3-4,6-7,17-18H2,(H,19,25)(H,20,22)(H,23,24)(H,26,27)/t10-,11-/m0/s1. The number of nitrogen functional groups attached to an aromatic ring is 1. The second kappa shape index (κ2) is 11.0. The van der Waals surface area contributed by atoms with E-state index in [0.29, 0.717) is 10.6 Å². The number of carboxylic acid groups (broad SMARTS) is 2. The van der Waals surface area contributed by atoms with Gasteiger partial charge in [-0.05, 0) is 24.6 Å². The number of carbonyl (C=O) groups is 4. The Labute approximate surface area is 164 Å². The highest BCUT2D eigenvalue weighted by atomic mass is 32.2. The van der Waals surface area contributed by atoms with Crippen molar-refractivity contribution in [2.24, 2.45) is 5.73 Å². The van der Waals surface area contributed by atoms with Crippen molar-refractivity contribution in [2.75, 3.05) is 18.0 Å². The summed E-state index contributed by atoms with van der Waals surface area (Å²) in [7, 11) is 0. The molecule has 1 aromatic carbocycles. The third-order valence-electron chi connectivity index (χ3n) is 3.47. The van der Waals surface area contributed by atoms with E-state index in [1.165, 1.54) is 18.2 Å². The zero-order valence-corrected chi connectivity index (χ0v) is 15.6. The molecule has 0 spiro atoms. The number of carbonyl (C=O) groups excluding carboxylic acids is 2. The van der Waals surface area contributed by atoms with Crippen molar-refractivity contribution in [3.63, 3.8) is 0 Å². The number of phenols is 1. The quantitative estimate of drug-likeness (QED) is 0.133. The first-order valence-electron chi connectivity index (χ1n) is 8.08. The molecule has 1 rings (SSSR count). The highest BCUT2D eigenvalue weighted by Crippen LogP contribution is 2.29. The predicted molar refractivity (Wildman–Crippen MR) is 101 cm³/mol. The Bertz CT molecular complexity index is 744. The molecule has 2 amide bonds. The van der Waals surface area contributed by atoms with Gasteiger partial charge in [-0.25, -0.2) is 0 Å². The average Bonchev–Trinajstić information content (AvgIpc) is 2.63. The first-order valence-corrected chi connectivity index (χ1v) is 9.07. The minimum Gasteiger partial charge on any atom is -0.508 e. The molecule has 0 aliphatic carbocycles. The molecular weight excluding hydrogens is 392 g/mol. The van der Waals surface area contributed by atoms with Gasteiger partial charge in [-0.1, -0.05) is 0 Å². The average molecular weight is 414 g/mol. The molecule has 0 saturated carbocycles. The molecule has 154 valence electrons. The van der Waals surface area contributed by atoms with E-state index in [4.69, 9.17) is 21.7 Å². The molecule has 2 atom stereocenters. The van der Waals surface area contributed by atoms with Gasteiger partial charge in [-0.2, -0.15) is 0 Å². The van der Waals surface area contributed by atoms with Crippen molar-refractivity contribution in [1.29, 1.82) is 0 Å². The Kier molecular flexibility index (Phi) is 9.05. The fourth-order valence-electron chi connectivity index (χ4n) is 1.97. The van der Waals surface area contributed by atoms with Crippen molar-refractivity contribution < 1.29 is 34.5 Å².